The molecule has 6 nitrogen and oxygen atoms in total. The highest BCUT2D eigenvalue weighted by atomic mass is 19.1. The molecule has 28 heavy (non-hydrogen) atoms. The Kier molecular flexibility index (Phi) is 6.47. The Morgan fingerprint density at radius 2 is 1.89 bits per heavy atom. The summed E-state index contributed by atoms with van der Waals surface area (Å²) in [7, 11) is 1.64. The van der Waals surface area contributed by atoms with Crippen LogP contribution >= 0.6 is 0 Å². The molecule has 1 aliphatic rings. The molecule has 0 aromatic heterocycles. The SMILES string of the molecule is CN(CCOc1ccccc1F)C(=O)COc1ccc(N2CCCC2=O)cc1. The minimum atomic E-state index is -0.432. The van der Waals surface area contributed by atoms with E-state index in [1.165, 1.54) is 11.0 Å². The van der Waals surface area contributed by atoms with Crippen LogP contribution in [-0.4, -0.2) is 50.1 Å². The van der Waals surface area contributed by atoms with E-state index >= 15 is 0 Å². The van der Waals surface area contributed by atoms with Crippen molar-refractivity contribution in [2.24, 2.45) is 0 Å². The van der Waals surface area contributed by atoms with Crippen LogP contribution in [0.15, 0.2) is 48.5 Å². The smallest absolute Gasteiger partial charge is 0.260 e. The van der Waals surface area contributed by atoms with E-state index in [-0.39, 0.29) is 30.8 Å². The van der Waals surface area contributed by atoms with Crippen molar-refractivity contribution in [2.75, 3.05) is 38.3 Å². The molecule has 0 aliphatic carbocycles. The number of rotatable bonds is 8. The third kappa shape index (κ3) is 5.00. The van der Waals surface area contributed by atoms with Crippen molar-refractivity contribution < 1.29 is 23.5 Å². The van der Waals surface area contributed by atoms with Gasteiger partial charge in [-0.3, -0.25) is 9.59 Å². The number of carbonyl (C=O) groups excluding carboxylic acids is 2. The van der Waals surface area contributed by atoms with E-state index in [1.54, 1.807) is 42.3 Å². The quantitative estimate of drug-likeness (QED) is 0.700. The van der Waals surface area contributed by atoms with Crippen LogP contribution < -0.4 is 14.4 Å². The highest BCUT2D eigenvalue weighted by molar-refractivity contribution is 5.95. The van der Waals surface area contributed by atoms with Gasteiger partial charge in [-0.1, -0.05) is 12.1 Å². The standard InChI is InChI=1S/C21H23FN2O4/c1-23(13-14-27-19-6-3-2-5-18(19)22)21(26)15-28-17-10-8-16(9-11-17)24-12-4-7-20(24)25/h2-3,5-6,8-11H,4,7,12-15H2,1H3. The van der Waals surface area contributed by atoms with Gasteiger partial charge in [-0.05, 0) is 42.8 Å². The predicted molar refractivity (Wildman–Crippen MR) is 103 cm³/mol. The van der Waals surface area contributed by atoms with Gasteiger partial charge in [0, 0.05) is 25.7 Å². The van der Waals surface area contributed by atoms with E-state index in [2.05, 4.69) is 0 Å². The first-order valence-corrected chi connectivity index (χ1v) is 9.19. The maximum absolute atomic E-state index is 13.5. The van der Waals surface area contributed by atoms with Gasteiger partial charge in [0.15, 0.2) is 18.2 Å². The lowest BCUT2D eigenvalue weighted by atomic mass is 10.3. The second-order valence-electron chi connectivity index (χ2n) is 6.53. The van der Waals surface area contributed by atoms with Crippen molar-refractivity contribution >= 4 is 17.5 Å². The second-order valence-corrected chi connectivity index (χ2v) is 6.53. The summed E-state index contributed by atoms with van der Waals surface area (Å²) in [6, 6.07) is 13.3. The van der Waals surface area contributed by atoms with Crippen molar-refractivity contribution in [2.45, 2.75) is 12.8 Å². The number of benzene rings is 2. The number of nitrogens with zero attached hydrogens (tertiary/aromatic N) is 2. The molecule has 0 radical (unpaired) electrons. The average molecular weight is 386 g/mol. The maximum atomic E-state index is 13.5. The molecule has 2 aromatic carbocycles. The Hall–Kier alpha value is -3.09. The summed E-state index contributed by atoms with van der Waals surface area (Å²) in [4.78, 5) is 27.1. The van der Waals surface area contributed by atoms with E-state index in [0.717, 1.165) is 18.7 Å². The topological polar surface area (TPSA) is 59.1 Å². The van der Waals surface area contributed by atoms with E-state index in [1.807, 2.05) is 12.1 Å². The number of hydrogen-bond donors (Lipinski definition) is 0. The normalized spacial score (nSPS) is 13.5. The van der Waals surface area contributed by atoms with Crippen LogP contribution in [0.25, 0.3) is 0 Å². The number of anilines is 1. The van der Waals surface area contributed by atoms with Gasteiger partial charge in [0.25, 0.3) is 5.91 Å². The van der Waals surface area contributed by atoms with Crippen LogP contribution in [0.1, 0.15) is 12.8 Å². The monoisotopic (exact) mass is 386 g/mol. The highest BCUT2D eigenvalue weighted by Crippen LogP contribution is 2.23. The first-order valence-electron chi connectivity index (χ1n) is 9.19. The van der Waals surface area contributed by atoms with E-state index in [9.17, 15) is 14.0 Å². The molecular weight excluding hydrogens is 363 g/mol. The summed E-state index contributed by atoms with van der Waals surface area (Å²) in [6.45, 7) is 1.11. The van der Waals surface area contributed by atoms with Gasteiger partial charge in [0.05, 0.1) is 6.54 Å². The van der Waals surface area contributed by atoms with Gasteiger partial charge in [0.2, 0.25) is 5.91 Å². The van der Waals surface area contributed by atoms with Crippen molar-refractivity contribution in [3.63, 3.8) is 0 Å². The fraction of sp³-hybridized carbons (Fsp3) is 0.333. The molecule has 0 N–H and O–H groups in total. The molecule has 148 valence electrons. The molecule has 0 atom stereocenters. The summed E-state index contributed by atoms with van der Waals surface area (Å²) in [6.07, 6.45) is 1.46. The molecule has 0 unspecified atom stereocenters. The highest BCUT2D eigenvalue weighted by Gasteiger charge is 2.21. The lowest BCUT2D eigenvalue weighted by Crippen LogP contribution is -2.34. The maximum Gasteiger partial charge on any atom is 0.260 e. The summed E-state index contributed by atoms with van der Waals surface area (Å²) >= 11 is 0. The molecule has 1 aliphatic heterocycles. The Labute approximate surface area is 163 Å². The Morgan fingerprint density at radius 3 is 2.57 bits per heavy atom. The van der Waals surface area contributed by atoms with Crippen molar-refractivity contribution in [3.8, 4) is 11.5 Å². The number of amides is 2. The lowest BCUT2D eigenvalue weighted by molar-refractivity contribution is -0.132. The molecular formula is C21H23FN2O4. The number of hydrogen-bond acceptors (Lipinski definition) is 4. The summed E-state index contributed by atoms with van der Waals surface area (Å²) < 4.78 is 24.4. The van der Waals surface area contributed by atoms with E-state index in [0.29, 0.717) is 18.7 Å². The van der Waals surface area contributed by atoms with Gasteiger partial charge in [-0.15, -0.1) is 0 Å². The predicted octanol–water partition coefficient (Wildman–Crippen LogP) is 2.87. The Bertz CT molecular complexity index is 825. The van der Waals surface area contributed by atoms with Crippen LogP contribution in [-0.2, 0) is 9.59 Å². The number of carbonyl (C=O) groups is 2. The first kappa shape index (κ1) is 19.7. The minimum absolute atomic E-state index is 0.113. The number of ether oxygens (including phenoxy) is 2. The summed E-state index contributed by atoms with van der Waals surface area (Å²) in [5, 5.41) is 0. The fourth-order valence-electron chi connectivity index (χ4n) is 2.88. The van der Waals surface area contributed by atoms with Crippen LogP contribution in [0.4, 0.5) is 10.1 Å². The number of halogens is 1. The molecule has 7 heteroatoms. The Morgan fingerprint density at radius 1 is 1.14 bits per heavy atom. The van der Waals surface area contributed by atoms with Crippen LogP contribution in [0.2, 0.25) is 0 Å². The zero-order valence-corrected chi connectivity index (χ0v) is 15.8. The van der Waals surface area contributed by atoms with Crippen LogP contribution in [0, 0.1) is 5.82 Å². The molecule has 0 spiro atoms. The van der Waals surface area contributed by atoms with Crippen molar-refractivity contribution in [1.29, 1.82) is 0 Å². The lowest BCUT2D eigenvalue weighted by Gasteiger charge is -2.18. The molecule has 3 rings (SSSR count). The van der Waals surface area contributed by atoms with Crippen LogP contribution in [0.3, 0.4) is 0 Å². The van der Waals surface area contributed by atoms with Crippen molar-refractivity contribution in [3.05, 3.63) is 54.3 Å². The molecule has 0 bridgehead atoms. The second kappa shape index (κ2) is 9.21. The number of likely N-dealkylation sites (N-methyl/N-ethyl adjacent to an activating group) is 1. The van der Waals surface area contributed by atoms with Gasteiger partial charge in [-0.25, -0.2) is 4.39 Å². The van der Waals surface area contributed by atoms with Gasteiger partial charge in [0.1, 0.15) is 12.4 Å². The van der Waals surface area contributed by atoms with Gasteiger partial charge < -0.3 is 19.3 Å². The summed E-state index contributed by atoms with van der Waals surface area (Å²) in [5.74, 6) is 0.203. The first-order chi connectivity index (χ1) is 13.5. The Balaban J connectivity index is 1.41. The molecule has 1 fully saturated rings. The minimum Gasteiger partial charge on any atom is -0.489 e. The largest absolute Gasteiger partial charge is 0.489 e. The zero-order valence-electron chi connectivity index (χ0n) is 15.8. The van der Waals surface area contributed by atoms with Crippen molar-refractivity contribution in [1.82, 2.24) is 4.90 Å². The van der Waals surface area contributed by atoms with Gasteiger partial charge >= 0.3 is 0 Å². The number of para-hydroxylation sites is 1. The molecule has 0 saturated carbocycles. The van der Waals surface area contributed by atoms with Gasteiger partial charge in [-0.2, -0.15) is 0 Å². The fourth-order valence-corrected chi connectivity index (χ4v) is 2.88. The third-order valence-electron chi connectivity index (χ3n) is 4.53. The molecule has 1 heterocycles. The summed E-state index contributed by atoms with van der Waals surface area (Å²) in [5.41, 5.74) is 0.837. The molecule has 2 amide bonds. The molecule has 1 saturated heterocycles. The average Bonchev–Trinajstić information content (AvgIpc) is 3.13. The van der Waals surface area contributed by atoms with Crippen LogP contribution in [0.5, 0.6) is 11.5 Å². The van der Waals surface area contributed by atoms with E-state index < -0.39 is 5.82 Å². The molecule has 2 aromatic rings. The third-order valence-corrected chi connectivity index (χ3v) is 4.53. The zero-order chi connectivity index (χ0) is 19.9. The van der Waals surface area contributed by atoms with E-state index in [4.69, 9.17) is 9.47 Å².